The molecule has 0 unspecified atom stereocenters. The number of hydrogen-bond donors (Lipinski definition) is 0. The number of halogens is 1. The second-order valence-corrected chi connectivity index (χ2v) is 9.53. The molecule has 0 aliphatic carbocycles. The quantitative estimate of drug-likeness (QED) is 0.287. The van der Waals surface area contributed by atoms with Gasteiger partial charge in [-0.2, -0.15) is 18.5 Å². The Morgan fingerprint density at radius 2 is 1.68 bits per heavy atom. The maximum absolute atomic E-state index is 12.8. The summed E-state index contributed by atoms with van der Waals surface area (Å²) < 4.78 is 30.3. The van der Waals surface area contributed by atoms with Crippen molar-refractivity contribution in [2.75, 3.05) is 0 Å². The summed E-state index contributed by atoms with van der Waals surface area (Å²) in [4.78, 5) is 25.5. The highest BCUT2D eigenvalue weighted by Crippen LogP contribution is 2.30. The van der Waals surface area contributed by atoms with Crippen molar-refractivity contribution in [1.82, 2.24) is 5.01 Å². The van der Waals surface area contributed by atoms with Crippen LogP contribution in [0.4, 0.5) is 0 Å². The summed E-state index contributed by atoms with van der Waals surface area (Å²) in [6.07, 6.45) is 1.53. The molecular weight excluding hydrogens is 476 g/mol. The molecule has 34 heavy (non-hydrogen) atoms. The molecule has 7 nitrogen and oxygen atoms in total. The van der Waals surface area contributed by atoms with Crippen molar-refractivity contribution in [3.8, 4) is 5.75 Å². The Labute approximate surface area is 202 Å². The molecule has 1 aliphatic rings. The highest BCUT2D eigenvalue weighted by Gasteiger charge is 2.33. The maximum Gasteiger partial charge on any atom is 0.339 e. The fourth-order valence-electron chi connectivity index (χ4n) is 3.24. The monoisotopic (exact) mass is 494 g/mol. The van der Waals surface area contributed by atoms with E-state index in [4.69, 9.17) is 15.8 Å². The molecule has 0 atom stereocenters. The minimum absolute atomic E-state index is 0.00641. The normalized spacial score (nSPS) is 14.9. The van der Waals surface area contributed by atoms with Crippen LogP contribution in [-0.4, -0.2) is 31.0 Å². The molecule has 2 amide bonds. The van der Waals surface area contributed by atoms with E-state index in [1.807, 2.05) is 6.92 Å². The zero-order valence-corrected chi connectivity index (χ0v) is 19.8. The van der Waals surface area contributed by atoms with Crippen LogP contribution in [0.15, 0.2) is 88.4 Å². The van der Waals surface area contributed by atoms with Crippen molar-refractivity contribution in [3.05, 3.63) is 100 Å². The van der Waals surface area contributed by atoms with Crippen LogP contribution in [0.25, 0.3) is 6.08 Å². The van der Waals surface area contributed by atoms with Gasteiger partial charge in [0.1, 0.15) is 4.90 Å². The van der Waals surface area contributed by atoms with Crippen molar-refractivity contribution >= 4 is 45.3 Å². The molecule has 1 heterocycles. The first-order valence-corrected chi connectivity index (χ1v) is 12.0. The number of rotatable bonds is 5. The van der Waals surface area contributed by atoms with Crippen molar-refractivity contribution < 1.29 is 22.2 Å². The van der Waals surface area contributed by atoms with Crippen molar-refractivity contribution in [1.29, 1.82) is 0 Å². The summed E-state index contributed by atoms with van der Waals surface area (Å²) in [5, 5.41) is 4.96. The van der Waals surface area contributed by atoms with Gasteiger partial charge in [-0.1, -0.05) is 53.6 Å². The van der Waals surface area contributed by atoms with E-state index in [1.165, 1.54) is 30.3 Å². The standard InChI is InChI=1S/C25H19ClN2O5S/c1-16-8-11-20(12-9-16)34(31,32)33-23-13-10-18(15-22(23)26)14-21-17(2)27-28(25(21)30)24(29)19-6-4-3-5-7-19/h3-15H,1-2H3/b21-14+. The van der Waals surface area contributed by atoms with Crippen LogP contribution in [0, 0.1) is 6.92 Å². The van der Waals surface area contributed by atoms with Crippen LogP contribution in [0.3, 0.4) is 0 Å². The van der Waals surface area contributed by atoms with Gasteiger partial charge < -0.3 is 4.18 Å². The number of nitrogens with zero attached hydrogens (tertiary/aromatic N) is 2. The van der Waals surface area contributed by atoms with Crippen LogP contribution in [-0.2, 0) is 14.9 Å². The lowest BCUT2D eigenvalue weighted by atomic mass is 10.1. The topological polar surface area (TPSA) is 93.1 Å². The predicted molar refractivity (Wildman–Crippen MR) is 129 cm³/mol. The Kier molecular flexibility index (Phi) is 6.37. The second kappa shape index (κ2) is 9.24. The second-order valence-electron chi connectivity index (χ2n) is 7.57. The molecule has 3 aromatic carbocycles. The van der Waals surface area contributed by atoms with E-state index in [-0.39, 0.29) is 21.2 Å². The molecule has 0 saturated carbocycles. The number of imide groups is 1. The van der Waals surface area contributed by atoms with E-state index in [1.54, 1.807) is 55.5 Å². The molecule has 0 radical (unpaired) electrons. The van der Waals surface area contributed by atoms with Gasteiger partial charge in [0, 0.05) is 5.56 Å². The molecule has 172 valence electrons. The van der Waals surface area contributed by atoms with Gasteiger partial charge in [-0.15, -0.1) is 0 Å². The first-order valence-electron chi connectivity index (χ1n) is 10.2. The number of carbonyl (C=O) groups excluding carboxylic acids is 2. The third kappa shape index (κ3) is 4.78. The minimum Gasteiger partial charge on any atom is -0.377 e. The highest BCUT2D eigenvalue weighted by molar-refractivity contribution is 7.87. The van der Waals surface area contributed by atoms with Crippen LogP contribution in [0.1, 0.15) is 28.4 Å². The average Bonchev–Trinajstić information content (AvgIpc) is 3.09. The van der Waals surface area contributed by atoms with E-state index in [2.05, 4.69) is 5.10 Å². The van der Waals surface area contributed by atoms with Gasteiger partial charge in [0.15, 0.2) is 5.75 Å². The van der Waals surface area contributed by atoms with Crippen molar-refractivity contribution in [2.45, 2.75) is 18.7 Å². The predicted octanol–water partition coefficient (Wildman–Crippen LogP) is 4.86. The van der Waals surface area contributed by atoms with Gasteiger partial charge in [0.05, 0.1) is 16.3 Å². The molecule has 0 bridgehead atoms. The summed E-state index contributed by atoms with van der Waals surface area (Å²) in [6, 6.07) is 19.0. The lowest BCUT2D eigenvalue weighted by Crippen LogP contribution is -2.29. The summed E-state index contributed by atoms with van der Waals surface area (Å²) in [5.41, 5.74) is 2.36. The number of amides is 2. The summed E-state index contributed by atoms with van der Waals surface area (Å²) in [6.45, 7) is 3.47. The Hall–Kier alpha value is -3.75. The number of hydrazone groups is 1. The van der Waals surface area contributed by atoms with Crippen LogP contribution >= 0.6 is 11.6 Å². The smallest absolute Gasteiger partial charge is 0.339 e. The minimum atomic E-state index is -4.07. The Morgan fingerprint density at radius 3 is 2.32 bits per heavy atom. The summed E-state index contributed by atoms with van der Waals surface area (Å²) >= 11 is 6.27. The molecule has 0 saturated heterocycles. The zero-order chi connectivity index (χ0) is 24.5. The average molecular weight is 495 g/mol. The molecule has 4 rings (SSSR count). The van der Waals surface area contributed by atoms with Gasteiger partial charge in [0.2, 0.25) is 0 Å². The number of aryl methyl sites for hydroxylation is 1. The molecule has 3 aromatic rings. The molecule has 9 heteroatoms. The zero-order valence-electron chi connectivity index (χ0n) is 18.2. The fourth-order valence-corrected chi connectivity index (χ4v) is 4.46. The van der Waals surface area contributed by atoms with Crippen LogP contribution < -0.4 is 4.18 Å². The van der Waals surface area contributed by atoms with E-state index in [9.17, 15) is 18.0 Å². The van der Waals surface area contributed by atoms with Gasteiger partial charge in [0.25, 0.3) is 11.8 Å². The molecular formula is C25H19ClN2O5S. The maximum atomic E-state index is 12.8. The van der Waals surface area contributed by atoms with Crippen molar-refractivity contribution in [2.24, 2.45) is 5.10 Å². The lowest BCUT2D eigenvalue weighted by Gasteiger charge is -2.10. The first kappa shape index (κ1) is 23.4. The fraction of sp³-hybridized carbons (Fsp3) is 0.0800. The summed E-state index contributed by atoms with van der Waals surface area (Å²) in [5.74, 6) is -1.14. The van der Waals surface area contributed by atoms with Crippen molar-refractivity contribution in [3.63, 3.8) is 0 Å². The SMILES string of the molecule is CC1=NN(C(=O)c2ccccc2)C(=O)/C1=C/c1ccc(OS(=O)(=O)c2ccc(C)cc2)c(Cl)c1. The number of benzene rings is 3. The van der Waals surface area contributed by atoms with Gasteiger partial charge in [-0.25, -0.2) is 0 Å². The number of carbonyl (C=O) groups is 2. The molecule has 0 spiro atoms. The third-order valence-electron chi connectivity index (χ3n) is 5.05. The number of hydrogen-bond acceptors (Lipinski definition) is 6. The highest BCUT2D eigenvalue weighted by atomic mass is 35.5. The molecule has 0 aromatic heterocycles. The van der Waals surface area contributed by atoms with E-state index < -0.39 is 21.9 Å². The first-order chi connectivity index (χ1) is 16.2. The molecule has 1 aliphatic heterocycles. The van der Waals surface area contributed by atoms with Gasteiger partial charge in [-0.05, 0) is 61.9 Å². The van der Waals surface area contributed by atoms with Crippen LogP contribution in [0.5, 0.6) is 5.75 Å². The van der Waals surface area contributed by atoms with Gasteiger partial charge >= 0.3 is 10.1 Å². The van der Waals surface area contributed by atoms with E-state index in [0.29, 0.717) is 16.8 Å². The molecule has 0 N–H and O–H groups in total. The van der Waals surface area contributed by atoms with Gasteiger partial charge in [-0.3, -0.25) is 9.59 Å². The molecule has 0 fully saturated rings. The Bertz CT molecular complexity index is 1450. The third-order valence-corrected chi connectivity index (χ3v) is 6.60. The largest absolute Gasteiger partial charge is 0.377 e. The van der Waals surface area contributed by atoms with E-state index >= 15 is 0 Å². The van der Waals surface area contributed by atoms with Crippen LogP contribution in [0.2, 0.25) is 5.02 Å². The summed E-state index contributed by atoms with van der Waals surface area (Å²) in [7, 11) is -4.07. The Morgan fingerprint density at radius 1 is 1.00 bits per heavy atom. The Balaban J connectivity index is 1.56. The lowest BCUT2D eigenvalue weighted by molar-refractivity contribution is -0.123. The van der Waals surface area contributed by atoms with E-state index in [0.717, 1.165) is 10.6 Å².